The molecule has 0 unspecified atom stereocenters. The molecule has 3 rings (SSSR count). The van der Waals surface area contributed by atoms with Gasteiger partial charge in [0.25, 0.3) is 0 Å². The van der Waals surface area contributed by atoms with E-state index in [1.807, 2.05) is 35.2 Å². The van der Waals surface area contributed by atoms with E-state index in [0.717, 1.165) is 5.69 Å². The first-order valence-corrected chi connectivity index (χ1v) is 7.36. The largest absolute Gasteiger partial charge is 0.295 e. The molecule has 0 spiro atoms. The Morgan fingerprint density at radius 3 is 2.42 bits per heavy atom. The Morgan fingerprint density at radius 1 is 1.05 bits per heavy atom. The lowest BCUT2D eigenvalue weighted by Gasteiger charge is -2.24. The molecule has 1 fully saturated rings. The molecule has 0 aromatic heterocycles. The van der Waals surface area contributed by atoms with Gasteiger partial charge in [-0.1, -0.05) is 48.0 Å². The molecule has 0 radical (unpaired) electrons. The lowest BCUT2D eigenvalue weighted by molar-refractivity contribution is -0.115. The van der Waals surface area contributed by atoms with Crippen molar-refractivity contribution in [2.24, 2.45) is 0 Å². The van der Waals surface area contributed by atoms with E-state index in [9.17, 15) is 4.79 Å². The smallest absolute Gasteiger partial charge is 0.238 e. The van der Waals surface area contributed by atoms with Gasteiger partial charge in [-0.2, -0.15) is 0 Å². The number of benzene rings is 2. The van der Waals surface area contributed by atoms with Crippen molar-refractivity contribution < 1.29 is 4.79 Å². The molecule has 0 aliphatic carbocycles. The van der Waals surface area contributed by atoms with Crippen LogP contribution in [0, 0.1) is 6.92 Å². The van der Waals surface area contributed by atoms with E-state index in [0.29, 0.717) is 5.75 Å². The minimum absolute atomic E-state index is 0.0931. The molecule has 0 bridgehead atoms. The maximum absolute atomic E-state index is 12.1. The number of carbonyl (C=O) groups excluding carboxylic acids is 1. The van der Waals surface area contributed by atoms with E-state index in [-0.39, 0.29) is 11.3 Å². The summed E-state index contributed by atoms with van der Waals surface area (Å²) in [6, 6.07) is 18.3. The second kappa shape index (κ2) is 5.10. The van der Waals surface area contributed by atoms with Gasteiger partial charge in [-0.15, -0.1) is 11.8 Å². The topological polar surface area (TPSA) is 20.3 Å². The zero-order chi connectivity index (χ0) is 13.2. The molecule has 1 heterocycles. The predicted octanol–water partition coefficient (Wildman–Crippen LogP) is 3.77. The molecule has 19 heavy (non-hydrogen) atoms. The van der Waals surface area contributed by atoms with Gasteiger partial charge < -0.3 is 0 Å². The van der Waals surface area contributed by atoms with Gasteiger partial charge in [-0.3, -0.25) is 9.69 Å². The molecule has 2 aromatic rings. The quantitative estimate of drug-likeness (QED) is 0.827. The fourth-order valence-corrected chi connectivity index (χ4v) is 3.45. The summed E-state index contributed by atoms with van der Waals surface area (Å²) in [6.45, 7) is 2.08. The third-order valence-electron chi connectivity index (χ3n) is 3.26. The van der Waals surface area contributed by atoms with E-state index in [4.69, 9.17) is 0 Å². The monoisotopic (exact) mass is 269 g/mol. The number of rotatable bonds is 2. The van der Waals surface area contributed by atoms with E-state index >= 15 is 0 Å². The van der Waals surface area contributed by atoms with E-state index in [2.05, 4.69) is 31.2 Å². The summed E-state index contributed by atoms with van der Waals surface area (Å²) in [5.74, 6) is 0.731. The number of anilines is 1. The Balaban J connectivity index is 1.97. The fourth-order valence-electron chi connectivity index (χ4n) is 2.27. The van der Waals surface area contributed by atoms with Gasteiger partial charge in [0.2, 0.25) is 5.91 Å². The van der Waals surface area contributed by atoms with Crippen molar-refractivity contribution in [3.8, 4) is 0 Å². The standard InChI is InChI=1S/C16H15NOS/c1-12-7-9-13(10-8-12)16-17(15(18)11-19-16)14-5-3-2-4-6-14/h2-10,16H,11H2,1H3/t16-/m0/s1. The third-order valence-corrected chi connectivity index (χ3v) is 4.48. The average Bonchev–Trinajstić information content (AvgIpc) is 2.82. The Labute approximate surface area is 117 Å². The summed E-state index contributed by atoms with van der Waals surface area (Å²) < 4.78 is 0. The molecule has 1 amide bonds. The maximum Gasteiger partial charge on any atom is 0.238 e. The van der Waals surface area contributed by atoms with Crippen molar-refractivity contribution in [3.63, 3.8) is 0 Å². The molecule has 2 nitrogen and oxygen atoms in total. The van der Waals surface area contributed by atoms with Crippen LogP contribution in [0.2, 0.25) is 0 Å². The van der Waals surface area contributed by atoms with Gasteiger partial charge in [-0.05, 0) is 24.6 Å². The first-order valence-electron chi connectivity index (χ1n) is 6.31. The Bertz CT molecular complexity index is 579. The second-order valence-corrected chi connectivity index (χ2v) is 5.74. The van der Waals surface area contributed by atoms with Crippen molar-refractivity contribution in [1.29, 1.82) is 0 Å². The van der Waals surface area contributed by atoms with Crippen LogP contribution in [0.1, 0.15) is 16.5 Å². The summed E-state index contributed by atoms with van der Waals surface area (Å²) in [5.41, 5.74) is 3.40. The molecule has 2 aromatic carbocycles. The maximum atomic E-state index is 12.1. The number of aryl methyl sites for hydroxylation is 1. The minimum Gasteiger partial charge on any atom is -0.295 e. The highest BCUT2D eigenvalue weighted by Crippen LogP contribution is 2.41. The van der Waals surface area contributed by atoms with Gasteiger partial charge in [0.15, 0.2) is 0 Å². The van der Waals surface area contributed by atoms with Gasteiger partial charge in [0.1, 0.15) is 5.37 Å². The van der Waals surface area contributed by atoms with Crippen LogP contribution in [-0.4, -0.2) is 11.7 Å². The number of thioether (sulfide) groups is 1. The van der Waals surface area contributed by atoms with Gasteiger partial charge in [0, 0.05) is 5.69 Å². The van der Waals surface area contributed by atoms with Crippen LogP contribution < -0.4 is 4.90 Å². The lowest BCUT2D eigenvalue weighted by Crippen LogP contribution is -2.27. The summed E-state index contributed by atoms with van der Waals surface area (Å²) in [7, 11) is 0. The molecule has 1 aliphatic heterocycles. The van der Waals surface area contributed by atoms with E-state index in [1.165, 1.54) is 11.1 Å². The summed E-state index contributed by atoms with van der Waals surface area (Å²) in [4.78, 5) is 14.0. The van der Waals surface area contributed by atoms with Crippen LogP contribution in [0.15, 0.2) is 54.6 Å². The van der Waals surface area contributed by atoms with Crippen molar-refractivity contribution in [2.75, 3.05) is 10.7 Å². The molecule has 1 atom stereocenters. The van der Waals surface area contributed by atoms with Crippen LogP contribution in [0.4, 0.5) is 5.69 Å². The highest BCUT2D eigenvalue weighted by Gasteiger charge is 2.33. The number of hydrogen-bond acceptors (Lipinski definition) is 2. The zero-order valence-electron chi connectivity index (χ0n) is 10.7. The van der Waals surface area contributed by atoms with Crippen LogP contribution in [0.5, 0.6) is 0 Å². The number of carbonyl (C=O) groups is 1. The fraction of sp³-hybridized carbons (Fsp3) is 0.188. The lowest BCUT2D eigenvalue weighted by atomic mass is 10.1. The van der Waals surface area contributed by atoms with Gasteiger partial charge in [-0.25, -0.2) is 0 Å². The van der Waals surface area contributed by atoms with E-state index in [1.54, 1.807) is 11.8 Å². The zero-order valence-corrected chi connectivity index (χ0v) is 11.6. The van der Waals surface area contributed by atoms with Crippen molar-refractivity contribution >= 4 is 23.4 Å². The van der Waals surface area contributed by atoms with Crippen LogP contribution in [-0.2, 0) is 4.79 Å². The molecule has 0 N–H and O–H groups in total. The highest BCUT2D eigenvalue weighted by atomic mass is 32.2. The molecule has 96 valence electrons. The Kier molecular flexibility index (Phi) is 3.30. The van der Waals surface area contributed by atoms with Crippen LogP contribution in [0.25, 0.3) is 0 Å². The highest BCUT2D eigenvalue weighted by molar-refractivity contribution is 8.00. The van der Waals surface area contributed by atoms with Crippen molar-refractivity contribution in [3.05, 3.63) is 65.7 Å². The van der Waals surface area contributed by atoms with Gasteiger partial charge >= 0.3 is 0 Å². The SMILES string of the molecule is Cc1ccc([C@@H]2SCC(=O)N2c2ccccc2)cc1. The summed E-state index contributed by atoms with van der Waals surface area (Å²) >= 11 is 1.69. The van der Waals surface area contributed by atoms with Crippen LogP contribution >= 0.6 is 11.8 Å². The summed E-state index contributed by atoms with van der Waals surface area (Å²) in [5, 5.41) is 0.0931. The molecule has 0 saturated carbocycles. The molecule has 3 heteroatoms. The average molecular weight is 269 g/mol. The molecule has 1 aliphatic rings. The first kappa shape index (κ1) is 12.3. The third kappa shape index (κ3) is 2.38. The molecular formula is C16H15NOS. The number of hydrogen-bond donors (Lipinski definition) is 0. The Hall–Kier alpha value is -1.74. The molecular weight excluding hydrogens is 254 g/mol. The minimum atomic E-state index is 0.0931. The second-order valence-electron chi connectivity index (χ2n) is 4.67. The normalized spacial score (nSPS) is 18.9. The number of nitrogens with zero attached hydrogens (tertiary/aromatic N) is 1. The number of para-hydroxylation sites is 1. The van der Waals surface area contributed by atoms with Crippen molar-refractivity contribution in [1.82, 2.24) is 0 Å². The predicted molar refractivity (Wildman–Crippen MR) is 80.3 cm³/mol. The number of amides is 1. The summed E-state index contributed by atoms with van der Waals surface area (Å²) in [6.07, 6.45) is 0. The Morgan fingerprint density at radius 2 is 1.74 bits per heavy atom. The van der Waals surface area contributed by atoms with Crippen LogP contribution in [0.3, 0.4) is 0 Å². The first-order chi connectivity index (χ1) is 9.25. The van der Waals surface area contributed by atoms with E-state index < -0.39 is 0 Å². The van der Waals surface area contributed by atoms with Crippen molar-refractivity contribution in [2.45, 2.75) is 12.3 Å². The molecule has 1 saturated heterocycles. The van der Waals surface area contributed by atoms with Gasteiger partial charge in [0.05, 0.1) is 5.75 Å².